The van der Waals surface area contributed by atoms with Gasteiger partial charge in [-0.3, -0.25) is 9.59 Å². The normalized spacial score (nSPS) is 12.5. The summed E-state index contributed by atoms with van der Waals surface area (Å²) in [5, 5.41) is 30.2. The molecular weight excluding hydrogens is 487 g/mol. The maximum Gasteiger partial charge on any atom is 0.303 e. The van der Waals surface area contributed by atoms with Crippen LogP contribution in [-0.2, 0) is 11.2 Å². The number of aromatic hydroxyl groups is 1. The number of Topliss-reactive ketones (excluding diaryl/α,β-unsaturated/α-hetero) is 1. The number of hydrogen-bond acceptors (Lipinski definition) is 6. The number of hydrogen-bond donors (Lipinski definition) is 3. The van der Waals surface area contributed by atoms with Crippen molar-refractivity contribution in [2.75, 3.05) is 12.4 Å². The Kier molecular flexibility index (Phi) is 13.6. The van der Waals surface area contributed by atoms with Crippen molar-refractivity contribution in [1.29, 1.82) is 0 Å². The summed E-state index contributed by atoms with van der Waals surface area (Å²) in [5.41, 5.74) is 1.56. The van der Waals surface area contributed by atoms with Gasteiger partial charge in [-0.15, -0.1) is 11.8 Å². The minimum absolute atomic E-state index is 0. The number of carbonyl (C=O) groups is 2. The number of ketones is 1. The number of halogens is 1. The predicted octanol–water partition coefficient (Wildman–Crippen LogP) is 5.53. The number of rotatable bonds is 13. The Balaban J connectivity index is 0.00000578. The topological polar surface area (TPSA) is 104 Å². The molecule has 0 aliphatic heterocycles. The molecule has 0 aliphatic rings. The Bertz CT molecular complexity index is 984. The summed E-state index contributed by atoms with van der Waals surface area (Å²) in [6.07, 6.45) is 1.16. The van der Waals surface area contributed by atoms with Crippen molar-refractivity contribution in [1.82, 2.24) is 0 Å². The number of carboxylic acid groups (broad SMARTS) is 1. The van der Waals surface area contributed by atoms with Gasteiger partial charge in [0.25, 0.3) is 0 Å². The van der Waals surface area contributed by atoms with E-state index in [2.05, 4.69) is 0 Å². The summed E-state index contributed by atoms with van der Waals surface area (Å²) in [5.74, 6) is -0.208. The molecule has 0 aromatic heterocycles. The van der Waals surface area contributed by atoms with E-state index in [9.17, 15) is 19.8 Å². The van der Waals surface area contributed by atoms with Crippen LogP contribution in [0.2, 0.25) is 5.02 Å². The molecule has 6 nitrogen and oxygen atoms in total. The molecule has 2 atom stereocenters. The van der Waals surface area contributed by atoms with Gasteiger partial charge in [-0.2, -0.15) is 0 Å². The molecule has 9 heteroatoms. The zero-order chi connectivity index (χ0) is 24.5. The zero-order valence-electron chi connectivity index (χ0n) is 20.1. The molecule has 2 aromatic carbocycles. The summed E-state index contributed by atoms with van der Waals surface area (Å²) in [4.78, 5) is 23.4. The molecule has 181 valence electrons. The predicted molar refractivity (Wildman–Crippen MR) is 137 cm³/mol. The standard InChI is InChI=1S/C25H31ClO6S.Na/c1-4-6-19-21(9-8-18(16(3)27)25(19)31)32-11-5-12-33-22-10-7-17(14-20(22)26)24(30)15(2)13-23(28)29;/h7-10,14-15,24,30-31H,4-6,11-13H2,1-3H3,(H,28,29);. The molecule has 0 spiro atoms. The number of carbonyl (C=O) groups excluding carboxylic acids is 1. The average Bonchev–Trinajstić information content (AvgIpc) is 2.75. The van der Waals surface area contributed by atoms with Crippen LogP contribution in [0.5, 0.6) is 11.5 Å². The van der Waals surface area contributed by atoms with E-state index in [0.717, 1.165) is 23.5 Å². The third-order valence-electron chi connectivity index (χ3n) is 5.26. The molecule has 0 saturated heterocycles. The van der Waals surface area contributed by atoms with E-state index < -0.39 is 18.0 Å². The second-order valence-electron chi connectivity index (χ2n) is 8.00. The van der Waals surface area contributed by atoms with Gasteiger partial charge in [0.05, 0.1) is 29.7 Å². The molecule has 34 heavy (non-hydrogen) atoms. The molecule has 0 amide bonds. The summed E-state index contributed by atoms with van der Waals surface area (Å²) in [6, 6.07) is 8.61. The van der Waals surface area contributed by atoms with E-state index in [4.69, 9.17) is 21.4 Å². The van der Waals surface area contributed by atoms with Crippen molar-refractivity contribution in [3.63, 3.8) is 0 Å². The number of phenolic OH excluding ortho intramolecular Hbond substituents is 1. The zero-order valence-corrected chi connectivity index (χ0v) is 23.7. The van der Waals surface area contributed by atoms with Crippen LogP contribution in [0, 0.1) is 5.92 Å². The van der Waals surface area contributed by atoms with Crippen molar-refractivity contribution >= 4 is 64.7 Å². The van der Waals surface area contributed by atoms with E-state index in [-0.39, 0.29) is 47.5 Å². The second-order valence-corrected chi connectivity index (χ2v) is 9.55. The number of carboxylic acids is 1. The number of benzene rings is 2. The second kappa shape index (κ2) is 15.0. The maximum atomic E-state index is 11.7. The first-order valence-electron chi connectivity index (χ1n) is 11.0. The van der Waals surface area contributed by atoms with E-state index >= 15 is 0 Å². The van der Waals surface area contributed by atoms with Gasteiger partial charge in [-0.1, -0.05) is 37.9 Å². The fourth-order valence-electron chi connectivity index (χ4n) is 3.49. The van der Waals surface area contributed by atoms with Gasteiger partial charge < -0.3 is 20.1 Å². The summed E-state index contributed by atoms with van der Waals surface area (Å²) < 4.78 is 5.88. The van der Waals surface area contributed by atoms with Gasteiger partial charge in [0.15, 0.2) is 5.78 Å². The number of phenols is 1. The summed E-state index contributed by atoms with van der Waals surface area (Å²) in [6.45, 7) is 5.57. The van der Waals surface area contributed by atoms with Crippen LogP contribution in [0.1, 0.15) is 67.6 Å². The first kappa shape index (κ1) is 30.8. The fraction of sp³-hybridized carbons (Fsp3) is 0.440. The van der Waals surface area contributed by atoms with Crippen molar-refractivity contribution < 1.29 is 29.6 Å². The number of thioether (sulfide) groups is 1. The molecule has 0 heterocycles. The van der Waals surface area contributed by atoms with Crippen LogP contribution in [0.4, 0.5) is 0 Å². The third kappa shape index (κ3) is 8.77. The van der Waals surface area contributed by atoms with Gasteiger partial charge in [-0.25, -0.2) is 0 Å². The van der Waals surface area contributed by atoms with Gasteiger partial charge >= 0.3 is 5.97 Å². The molecule has 1 radical (unpaired) electrons. The molecule has 0 aliphatic carbocycles. The molecule has 2 rings (SSSR count). The SMILES string of the molecule is CCCc1c(OCCCSc2ccc(C(O)C(C)CC(=O)O)cc2Cl)ccc(C(C)=O)c1O.[Na]. The fourth-order valence-corrected chi connectivity index (χ4v) is 4.68. The molecule has 2 aromatic rings. The minimum Gasteiger partial charge on any atom is -0.507 e. The van der Waals surface area contributed by atoms with E-state index in [1.807, 2.05) is 13.0 Å². The number of aliphatic carboxylic acids is 1. The largest absolute Gasteiger partial charge is 0.507 e. The van der Waals surface area contributed by atoms with E-state index in [1.54, 1.807) is 43.0 Å². The third-order valence-corrected chi connectivity index (χ3v) is 6.84. The molecular formula is C25H31ClNaO6S. The number of aliphatic hydroxyl groups excluding tert-OH is 1. The number of aliphatic hydroxyl groups is 1. The molecule has 3 N–H and O–H groups in total. The van der Waals surface area contributed by atoms with Crippen molar-refractivity contribution in [2.24, 2.45) is 5.92 Å². The molecule has 2 unspecified atom stereocenters. The Morgan fingerprint density at radius 1 is 1.21 bits per heavy atom. The average molecular weight is 518 g/mol. The van der Waals surface area contributed by atoms with Crippen LogP contribution in [0.3, 0.4) is 0 Å². The Morgan fingerprint density at radius 2 is 1.91 bits per heavy atom. The van der Waals surface area contributed by atoms with Crippen molar-refractivity contribution in [3.05, 3.63) is 52.0 Å². The van der Waals surface area contributed by atoms with Crippen molar-refractivity contribution in [2.45, 2.75) is 57.5 Å². The van der Waals surface area contributed by atoms with E-state index in [1.165, 1.54) is 6.92 Å². The number of ether oxygens (including phenoxy) is 1. The molecule has 0 fully saturated rings. The van der Waals surface area contributed by atoms with Crippen molar-refractivity contribution in [3.8, 4) is 11.5 Å². The van der Waals surface area contributed by atoms with Gasteiger partial charge in [0, 0.05) is 45.8 Å². The Morgan fingerprint density at radius 3 is 2.50 bits per heavy atom. The van der Waals surface area contributed by atoms with Crippen LogP contribution >= 0.6 is 23.4 Å². The first-order chi connectivity index (χ1) is 15.6. The Labute approximate surface area is 232 Å². The van der Waals surface area contributed by atoms with Crippen LogP contribution in [0.25, 0.3) is 0 Å². The quantitative estimate of drug-likeness (QED) is 0.139. The minimum atomic E-state index is -0.950. The van der Waals surface area contributed by atoms with Crippen LogP contribution < -0.4 is 4.74 Å². The summed E-state index contributed by atoms with van der Waals surface area (Å²) >= 11 is 7.93. The maximum absolute atomic E-state index is 11.7. The smallest absolute Gasteiger partial charge is 0.303 e. The van der Waals surface area contributed by atoms with E-state index in [0.29, 0.717) is 40.5 Å². The van der Waals surface area contributed by atoms with Gasteiger partial charge in [0.1, 0.15) is 11.5 Å². The Hall–Kier alpha value is -1.22. The monoisotopic (exact) mass is 517 g/mol. The van der Waals surface area contributed by atoms with Gasteiger partial charge in [0.2, 0.25) is 0 Å². The van der Waals surface area contributed by atoms with Crippen LogP contribution in [-0.4, -0.2) is 69.0 Å². The van der Waals surface area contributed by atoms with Crippen LogP contribution in [0.15, 0.2) is 35.2 Å². The summed E-state index contributed by atoms with van der Waals surface area (Å²) in [7, 11) is 0. The molecule has 0 saturated carbocycles. The first-order valence-corrected chi connectivity index (χ1v) is 12.3. The van der Waals surface area contributed by atoms with Gasteiger partial charge in [-0.05, 0) is 55.5 Å². The molecule has 0 bridgehead atoms.